The van der Waals surface area contributed by atoms with Gasteiger partial charge in [0.1, 0.15) is 16.6 Å². The molecule has 2 fully saturated rings. The van der Waals surface area contributed by atoms with Crippen LogP contribution >= 0.6 is 0 Å². The lowest BCUT2D eigenvalue weighted by Crippen LogP contribution is -2.45. The number of benzene rings is 3. The third-order valence-electron chi connectivity index (χ3n) is 7.93. The monoisotopic (exact) mass is 537 g/mol. The van der Waals surface area contributed by atoms with Gasteiger partial charge >= 0.3 is 11.6 Å². The van der Waals surface area contributed by atoms with Gasteiger partial charge in [0.2, 0.25) is 5.36 Å². The number of fused-ring (bicyclic) bond motifs is 4. The van der Waals surface area contributed by atoms with Crippen LogP contribution in [0.4, 0.5) is 5.69 Å². The first-order chi connectivity index (χ1) is 19.6. The molecule has 202 valence electrons. The highest BCUT2D eigenvalue weighted by molar-refractivity contribution is 6.16. The molecule has 40 heavy (non-hydrogen) atoms. The Morgan fingerprint density at radius 3 is 2.38 bits per heavy atom. The van der Waals surface area contributed by atoms with E-state index in [9.17, 15) is 14.7 Å². The highest BCUT2D eigenvalue weighted by atomic mass is 16.4. The minimum absolute atomic E-state index is 0.107. The van der Waals surface area contributed by atoms with Crippen molar-refractivity contribution in [3.05, 3.63) is 82.0 Å². The molecule has 0 unspecified atom stereocenters. The van der Waals surface area contributed by atoms with Gasteiger partial charge in [0.15, 0.2) is 18.7 Å². The first-order valence-electron chi connectivity index (χ1n) is 13.6. The Balaban J connectivity index is 1.57. The van der Waals surface area contributed by atoms with Crippen LogP contribution in [0.5, 0.6) is 0 Å². The smallest absolute Gasteiger partial charge is 0.348 e. The quantitative estimate of drug-likeness (QED) is 0.140. The average molecular weight is 538 g/mol. The van der Waals surface area contributed by atoms with Crippen molar-refractivity contribution < 1.29 is 18.7 Å². The summed E-state index contributed by atoms with van der Waals surface area (Å²) < 4.78 is 14.7. The second kappa shape index (κ2) is 9.93. The Hall–Kier alpha value is -4.47. The van der Waals surface area contributed by atoms with E-state index in [4.69, 9.17) is 8.83 Å². The van der Waals surface area contributed by atoms with Crippen molar-refractivity contribution in [2.75, 3.05) is 57.3 Å². The van der Waals surface area contributed by atoms with Crippen molar-refractivity contribution in [3.63, 3.8) is 0 Å². The van der Waals surface area contributed by atoms with E-state index in [1.807, 2.05) is 36.4 Å². The molecule has 2 aromatic heterocycles. The SMILES string of the molecule is O=C(O)c1ccccc1-c1c2ccc(N3CCNCC3)cc2oc2c1c(=O)oc1cc(=[N+]3CCNCC3)ccc12. The van der Waals surface area contributed by atoms with Gasteiger partial charge in [-0.15, -0.1) is 0 Å². The molecule has 7 rings (SSSR count). The van der Waals surface area contributed by atoms with E-state index < -0.39 is 11.6 Å². The zero-order valence-electron chi connectivity index (χ0n) is 21.9. The standard InChI is InChI=1S/C31H28N4O5/c36-30(37)22-4-2-1-3-21(22)27-23-7-5-19(34-13-9-32-10-14-34)17-25(23)39-29-24-8-6-20(35-15-11-33-12-16-35)18-26(24)40-31(38)28(27)29/h1-8,17-18,32-33H,9-16H2/p+1. The van der Waals surface area contributed by atoms with E-state index in [1.165, 1.54) is 0 Å². The highest BCUT2D eigenvalue weighted by Crippen LogP contribution is 2.40. The van der Waals surface area contributed by atoms with Crippen molar-refractivity contribution in [2.45, 2.75) is 0 Å². The van der Waals surface area contributed by atoms with E-state index >= 15 is 0 Å². The van der Waals surface area contributed by atoms with Crippen LogP contribution in [-0.4, -0.2) is 63.4 Å². The molecule has 0 atom stereocenters. The summed E-state index contributed by atoms with van der Waals surface area (Å²) in [6.45, 7) is 7.04. The predicted octanol–water partition coefficient (Wildman–Crippen LogP) is 2.84. The van der Waals surface area contributed by atoms with Crippen LogP contribution in [-0.2, 0) is 0 Å². The first-order valence-corrected chi connectivity index (χ1v) is 13.6. The van der Waals surface area contributed by atoms with Gasteiger partial charge in [-0.25, -0.2) is 14.2 Å². The molecular weight excluding hydrogens is 508 g/mol. The second-order valence-electron chi connectivity index (χ2n) is 10.3. The lowest BCUT2D eigenvalue weighted by atomic mass is 9.93. The van der Waals surface area contributed by atoms with Crippen LogP contribution in [0.1, 0.15) is 10.4 Å². The topological polar surface area (TPSA) is 111 Å². The van der Waals surface area contributed by atoms with Crippen molar-refractivity contribution >= 4 is 44.6 Å². The summed E-state index contributed by atoms with van der Waals surface area (Å²) in [6, 6.07) is 18.5. The van der Waals surface area contributed by atoms with Crippen LogP contribution in [0.15, 0.2) is 74.3 Å². The van der Waals surface area contributed by atoms with Gasteiger partial charge in [0.05, 0.1) is 30.1 Å². The minimum atomic E-state index is -1.07. The maximum Gasteiger partial charge on any atom is 0.348 e. The lowest BCUT2D eigenvalue weighted by molar-refractivity contribution is 0.0697. The number of hydrogen-bond acceptors (Lipinski definition) is 7. The van der Waals surface area contributed by atoms with Gasteiger partial charge in [0.25, 0.3) is 0 Å². The molecule has 0 saturated carbocycles. The second-order valence-corrected chi connectivity index (χ2v) is 10.3. The predicted molar refractivity (Wildman–Crippen MR) is 155 cm³/mol. The van der Waals surface area contributed by atoms with E-state index in [-0.39, 0.29) is 10.9 Å². The number of piperazine rings is 2. The Kier molecular flexibility index (Phi) is 6.10. The number of carboxylic acid groups (broad SMARTS) is 1. The van der Waals surface area contributed by atoms with Gasteiger partial charge in [-0.1, -0.05) is 18.2 Å². The molecule has 4 heterocycles. The molecular formula is C31H29N4O5+. The number of aromatic carboxylic acids is 1. The Labute approximate surface area is 228 Å². The summed E-state index contributed by atoms with van der Waals surface area (Å²) in [5, 5.41) is 19.3. The maximum atomic E-state index is 13.7. The van der Waals surface area contributed by atoms with Gasteiger partial charge in [-0.05, 0) is 29.8 Å². The number of carbonyl (C=O) groups is 1. The summed E-state index contributed by atoms with van der Waals surface area (Å²) in [6.07, 6.45) is 0. The van der Waals surface area contributed by atoms with Gasteiger partial charge < -0.3 is 29.5 Å². The number of nitrogens with zero attached hydrogens (tertiary/aromatic N) is 2. The van der Waals surface area contributed by atoms with Crippen LogP contribution in [0.25, 0.3) is 44.0 Å². The summed E-state index contributed by atoms with van der Waals surface area (Å²) in [5.41, 5.74) is 2.91. The molecule has 3 N–H and O–H groups in total. The van der Waals surface area contributed by atoms with Crippen molar-refractivity contribution in [3.8, 4) is 11.1 Å². The molecule has 3 aromatic carbocycles. The number of anilines is 1. The zero-order valence-corrected chi connectivity index (χ0v) is 21.9. The van der Waals surface area contributed by atoms with E-state index in [0.717, 1.165) is 63.4 Å². The fourth-order valence-electron chi connectivity index (χ4n) is 5.94. The fourth-order valence-corrected chi connectivity index (χ4v) is 5.94. The van der Waals surface area contributed by atoms with Crippen molar-refractivity contribution in [1.29, 1.82) is 0 Å². The van der Waals surface area contributed by atoms with Crippen molar-refractivity contribution in [1.82, 2.24) is 15.2 Å². The molecule has 5 aromatic rings. The summed E-state index contributed by atoms with van der Waals surface area (Å²) in [4.78, 5) is 28.3. The number of carboxylic acids is 1. The fraction of sp³-hybridized carbons (Fsp3) is 0.258. The van der Waals surface area contributed by atoms with E-state index in [2.05, 4.69) is 20.1 Å². The normalized spacial score (nSPS) is 16.2. The van der Waals surface area contributed by atoms with Gasteiger partial charge in [0, 0.05) is 54.9 Å². The molecule has 2 aliphatic heterocycles. The molecule has 2 saturated heterocycles. The van der Waals surface area contributed by atoms with E-state index in [0.29, 0.717) is 38.6 Å². The summed E-state index contributed by atoms with van der Waals surface area (Å²) in [5.74, 6) is -1.07. The number of hydrogen-bond donors (Lipinski definition) is 3. The molecule has 0 radical (unpaired) electrons. The number of rotatable bonds is 3. The van der Waals surface area contributed by atoms with Crippen LogP contribution in [0.3, 0.4) is 0 Å². The third-order valence-corrected chi connectivity index (χ3v) is 7.93. The van der Waals surface area contributed by atoms with Crippen LogP contribution in [0.2, 0.25) is 0 Å². The Morgan fingerprint density at radius 1 is 0.850 bits per heavy atom. The molecule has 0 bridgehead atoms. The molecule has 0 amide bonds. The number of nitrogens with one attached hydrogen (secondary N) is 2. The summed E-state index contributed by atoms with van der Waals surface area (Å²) >= 11 is 0. The van der Waals surface area contributed by atoms with Gasteiger partial charge in [-0.2, -0.15) is 0 Å². The van der Waals surface area contributed by atoms with Gasteiger partial charge in [-0.3, -0.25) is 0 Å². The zero-order chi connectivity index (χ0) is 27.2. The van der Waals surface area contributed by atoms with Crippen LogP contribution < -0.4 is 31.1 Å². The third kappa shape index (κ3) is 4.14. The Bertz CT molecular complexity index is 1930. The van der Waals surface area contributed by atoms with E-state index in [1.54, 1.807) is 24.3 Å². The maximum absolute atomic E-state index is 13.7. The first kappa shape index (κ1) is 24.6. The highest BCUT2D eigenvalue weighted by Gasteiger charge is 2.24. The van der Waals surface area contributed by atoms with Crippen molar-refractivity contribution in [2.24, 2.45) is 0 Å². The molecule has 0 aliphatic carbocycles. The summed E-state index contributed by atoms with van der Waals surface area (Å²) in [7, 11) is 0. The average Bonchev–Trinajstić information content (AvgIpc) is 3.00. The van der Waals surface area contributed by atoms with Crippen LogP contribution in [0, 0.1) is 0 Å². The lowest BCUT2D eigenvalue weighted by Gasteiger charge is -2.29. The minimum Gasteiger partial charge on any atom is -0.478 e. The largest absolute Gasteiger partial charge is 0.478 e. The Morgan fingerprint density at radius 2 is 1.57 bits per heavy atom. The molecule has 2 aliphatic rings. The molecule has 9 nitrogen and oxygen atoms in total. The molecule has 9 heteroatoms. The molecule has 0 spiro atoms.